The minimum Gasteiger partial charge on any atom is -0.462 e. The number of hydrogen-bond donors (Lipinski definition) is 0. The molecule has 0 rings (SSSR count). The highest BCUT2D eigenvalue weighted by molar-refractivity contribution is 5.71. The Balaban J connectivity index is 4.33. The molecule has 0 fully saturated rings. The second-order valence-electron chi connectivity index (χ2n) is 22.0. The van der Waals surface area contributed by atoms with Crippen molar-refractivity contribution in [3.05, 3.63) is 158 Å². The number of esters is 3. The molecule has 6 heteroatoms. The van der Waals surface area contributed by atoms with Crippen LogP contribution in [-0.2, 0) is 28.6 Å². The molecule has 0 radical (unpaired) electrons. The summed E-state index contributed by atoms with van der Waals surface area (Å²) in [5, 5.41) is 0. The van der Waals surface area contributed by atoms with Gasteiger partial charge in [0.1, 0.15) is 13.2 Å². The lowest BCUT2D eigenvalue weighted by molar-refractivity contribution is -0.167. The van der Waals surface area contributed by atoms with E-state index in [0.29, 0.717) is 19.3 Å². The SMILES string of the molecule is CC/C=C\C/C=C\C/C=C\C/C=C\C/C=C\C/C=C\CCCCCCCCCCC(=O)OCC(COC(=O)CCCCCCC/C=C\CCCC)OC(=O)CCCCCCCCCC/C=C\C/C=C\C/C=C\C/C=C\C/C=C\C/C=C\CC. The van der Waals surface area contributed by atoms with Crippen LogP contribution < -0.4 is 0 Å². The van der Waals surface area contributed by atoms with E-state index < -0.39 is 6.10 Å². The third-order valence-electron chi connectivity index (χ3n) is 14.0. The molecule has 0 aliphatic rings. The van der Waals surface area contributed by atoms with Crippen molar-refractivity contribution in [3.63, 3.8) is 0 Å². The van der Waals surface area contributed by atoms with E-state index in [1.165, 1.54) is 89.9 Å². The van der Waals surface area contributed by atoms with Crippen LogP contribution in [0.2, 0.25) is 0 Å². The summed E-state index contributed by atoms with van der Waals surface area (Å²) in [7, 11) is 0. The van der Waals surface area contributed by atoms with E-state index >= 15 is 0 Å². The molecule has 0 N–H and O–H groups in total. The number of carbonyl (C=O) groups excluding carboxylic acids is 3. The fraction of sp³-hybridized carbons (Fsp3) is 0.623. The Morgan fingerprint density at radius 3 is 0.747 bits per heavy atom. The Morgan fingerprint density at radius 1 is 0.253 bits per heavy atom. The lowest BCUT2D eigenvalue weighted by atomic mass is 10.1. The van der Waals surface area contributed by atoms with Gasteiger partial charge in [0.15, 0.2) is 6.10 Å². The predicted octanol–water partition coefficient (Wildman–Crippen LogP) is 23.7. The highest BCUT2D eigenvalue weighted by Gasteiger charge is 2.19. The van der Waals surface area contributed by atoms with Crippen molar-refractivity contribution in [2.45, 2.75) is 297 Å². The fourth-order valence-electron chi connectivity index (χ4n) is 8.96. The van der Waals surface area contributed by atoms with Gasteiger partial charge in [0, 0.05) is 19.3 Å². The Bertz CT molecular complexity index is 1840. The van der Waals surface area contributed by atoms with Crippen LogP contribution in [0.5, 0.6) is 0 Å². The first-order chi connectivity index (χ1) is 41.0. The second kappa shape index (κ2) is 69.5. The molecule has 0 heterocycles. The molecule has 0 saturated carbocycles. The fourth-order valence-corrected chi connectivity index (χ4v) is 8.96. The molecule has 0 aromatic rings. The van der Waals surface area contributed by atoms with Crippen molar-refractivity contribution in [3.8, 4) is 0 Å². The minimum atomic E-state index is -0.798. The Labute approximate surface area is 511 Å². The third kappa shape index (κ3) is 67.7. The van der Waals surface area contributed by atoms with Crippen LogP contribution in [0, 0.1) is 0 Å². The third-order valence-corrected chi connectivity index (χ3v) is 14.0. The Morgan fingerprint density at radius 2 is 0.470 bits per heavy atom. The predicted molar refractivity (Wildman–Crippen MR) is 362 cm³/mol. The normalized spacial score (nSPS) is 13.1. The highest BCUT2D eigenvalue weighted by atomic mass is 16.6. The quantitative estimate of drug-likeness (QED) is 0.0261. The molecule has 0 amide bonds. The van der Waals surface area contributed by atoms with Gasteiger partial charge in [0.05, 0.1) is 0 Å². The largest absolute Gasteiger partial charge is 0.462 e. The lowest BCUT2D eigenvalue weighted by Gasteiger charge is -2.18. The van der Waals surface area contributed by atoms with Gasteiger partial charge < -0.3 is 14.2 Å². The molecule has 0 aliphatic heterocycles. The molecule has 0 spiro atoms. The summed E-state index contributed by atoms with van der Waals surface area (Å²) in [4.78, 5) is 38.4. The van der Waals surface area contributed by atoms with E-state index in [2.05, 4.69) is 179 Å². The van der Waals surface area contributed by atoms with E-state index in [4.69, 9.17) is 14.2 Å². The maximum Gasteiger partial charge on any atom is 0.306 e. The van der Waals surface area contributed by atoms with Crippen LogP contribution in [0.3, 0.4) is 0 Å². The summed E-state index contributed by atoms with van der Waals surface area (Å²) in [5.74, 6) is -0.919. The minimum absolute atomic E-state index is 0.0935. The van der Waals surface area contributed by atoms with Gasteiger partial charge in [0.2, 0.25) is 0 Å². The number of ether oxygens (including phenoxy) is 3. The van der Waals surface area contributed by atoms with Crippen LogP contribution >= 0.6 is 0 Å². The summed E-state index contributed by atoms with van der Waals surface area (Å²) in [6.45, 7) is 6.36. The van der Waals surface area contributed by atoms with E-state index in [9.17, 15) is 14.4 Å². The first-order valence-corrected chi connectivity index (χ1v) is 34.0. The summed E-state index contributed by atoms with van der Waals surface area (Å²) < 4.78 is 16.9. The van der Waals surface area contributed by atoms with E-state index in [1.807, 2.05) is 0 Å². The van der Waals surface area contributed by atoms with Gasteiger partial charge in [0.25, 0.3) is 0 Å². The van der Waals surface area contributed by atoms with Gasteiger partial charge in [-0.2, -0.15) is 0 Å². The van der Waals surface area contributed by atoms with Gasteiger partial charge >= 0.3 is 17.9 Å². The van der Waals surface area contributed by atoms with Gasteiger partial charge in [-0.05, 0) is 141 Å². The second-order valence-corrected chi connectivity index (χ2v) is 22.0. The van der Waals surface area contributed by atoms with Crippen LogP contribution in [-0.4, -0.2) is 37.2 Å². The van der Waals surface area contributed by atoms with Crippen molar-refractivity contribution < 1.29 is 28.6 Å². The molecule has 0 aromatic heterocycles. The standard InChI is InChI=1S/C77H124O6/c1-4-7-10-13-16-19-22-24-26-28-30-32-34-36-38-40-42-44-46-48-50-52-55-58-61-64-67-70-76(79)82-73-74(72-81-75(78)69-66-63-60-57-54-21-18-15-12-9-6-3)83-77(80)71-68-65-62-59-56-53-51-49-47-45-43-41-39-37-35-33-31-29-27-25-23-20-17-14-11-8-5-2/h7-8,10-11,15-20,24-27,30-33,36-39,42-45,74H,4-6,9,12-14,21-23,28-29,34-35,40-41,46-73H2,1-3H3/b10-7-,11-8-,18-15-,19-16-,20-17-,26-24-,27-25-,32-30-,33-31-,38-36-,39-37-,44-42-,45-43-. The summed E-state index contributed by atoms with van der Waals surface area (Å²) >= 11 is 0. The van der Waals surface area contributed by atoms with Gasteiger partial charge in [-0.15, -0.1) is 0 Å². The zero-order chi connectivity index (χ0) is 59.9. The number of unbranched alkanes of at least 4 members (excludes halogenated alkanes) is 23. The smallest absolute Gasteiger partial charge is 0.306 e. The van der Waals surface area contributed by atoms with Crippen LogP contribution in [0.25, 0.3) is 0 Å². The Kier molecular flexibility index (Phi) is 65.4. The van der Waals surface area contributed by atoms with Gasteiger partial charge in [-0.1, -0.05) is 288 Å². The molecular formula is C77H124O6. The zero-order valence-electron chi connectivity index (χ0n) is 53.7. The summed E-state index contributed by atoms with van der Waals surface area (Å²) in [6, 6.07) is 0. The first-order valence-electron chi connectivity index (χ1n) is 34.0. The topological polar surface area (TPSA) is 78.9 Å². The summed E-state index contributed by atoms with van der Waals surface area (Å²) in [6.07, 6.45) is 101. The first kappa shape index (κ1) is 78.0. The monoisotopic (exact) mass is 1140 g/mol. The molecule has 6 nitrogen and oxygen atoms in total. The average molecular weight is 1150 g/mol. The molecule has 0 saturated heterocycles. The molecule has 1 unspecified atom stereocenters. The number of carbonyl (C=O) groups is 3. The highest BCUT2D eigenvalue weighted by Crippen LogP contribution is 2.15. The van der Waals surface area contributed by atoms with Crippen LogP contribution in [0.4, 0.5) is 0 Å². The number of allylic oxidation sites excluding steroid dienone is 26. The van der Waals surface area contributed by atoms with E-state index in [0.717, 1.165) is 161 Å². The number of rotatable bonds is 60. The van der Waals surface area contributed by atoms with Crippen molar-refractivity contribution in [1.29, 1.82) is 0 Å². The van der Waals surface area contributed by atoms with Crippen LogP contribution in [0.1, 0.15) is 290 Å². The van der Waals surface area contributed by atoms with Crippen LogP contribution in [0.15, 0.2) is 158 Å². The molecule has 0 aliphatic carbocycles. The molecule has 0 bridgehead atoms. The van der Waals surface area contributed by atoms with Crippen molar-refractivity contribution >= 4 is 17.9 Å². The van der Waals surface area contributed by atoms with Crippen molar-refractivity contribution in [2.24, 2.45) is 0 Å². The van der Waals surface area contributed by atoms with Gasteiger partial charge in [-0.25, -0.2) is 0 Å². The molecule has 83 heavy (non-hydrogen) atoms. The molecule has 0 aromatic carbocycles. The Hall–Kier alpha value is -4.97. The molecular weight excluding hydrogens is 1020 g/mol. The maximum absolute atomic E-state index is 12.9. The molecule has 468 valence electrons. The van der Waals surface area contributed by atoms with Gasteiger partial charge in [-0.3, -0.25) is 14.4 Å². The number of hydrogen-bond acceptors (Lipinski definition) is 6. The maximum atomic E-state index is 12.9. The van der Waals surface area contributed by atoms with E-state index in [1.54, 1.807) is 0 Å². The average Bonchev–Trinajstić information content (AvgIpc) is 3.48. The van der Waals surface area contributed by atoms with E-state index in [-0.39, 0.29) is 31.1 Å². The molecule has 1 atom stereocenters. The van der Waals surface area contributed by atoms with Crippen molar-refractivity contribution in [1.82, 2.24) is 0 Å². The zero-order valence-corrected chi connectivity index (χ0v) is 53.7. The lowest BCUT2D eigenvalue weighted by Crippen LogP contribution is -2.30. The van der Waals surface area contributed by atoms with Crippen molar-refractivity contribution in [2.75, 3.05) is 13.2 Å². The summed E-state index contributed by atoms with van der Waals surface area (Å²) in [5.41, 5.74) is 0.